The molecular weight excluding hydrogens is 404 g/mol. The minimum atomic E-state index is -3.54. The molecular formula is C21H30N4O4S. The van der Waals surface area contributed by atoms with Crippen molar-refractivity contribution in [3.8, 4) is 0 Å². The number of aryl methyl sites for hydroxylation is 2. The van der Waals surface area contributed by atoms with Gasteiger partial charge in [-0.2, -0.15) is 4.31 Å². The third kappa shape index (κ3) is 4.10. The monoisotopic (exact) mass is 434 g/mol. The number of hydrogen-bond acceptors (Lipinski definition) is 5. The summed E-state index contributed by atoms with van der Waals surface area (Å²) in [6.45, 7) is 3.85. The standard InChI is InChI=1S/C21H30N4O4S/c1-2-5-19-20(26)25(21(27)22-19)15-23-10-12-24(13-11-23)30(28,29)18-9-8-16-6-3-4-7-17(16)14-18/h8-9,14,19H,2-7,10-13,15H2,1H3,(H,22,27)/t19-/m1/s1. The lowest BCUT2D eigenvalue weighted by Gasteiger charge is -2.35. The molecule has 30 heavy (non-hydrogen) atoms. The van der Waals surface area contributed by atoms with Crippen LogP contribution in [0.3, 0.4) is 0 Å². The Hall–Kier alpha value is -1.97. The third-order valence-electron chi connectivity index (χ3n) is 6.31. The van der Waals surface area contributed by atoms with Gasteiger partial charge in [0.05, 0.1) is 11.6 Å². The molecule has 2 fully saturated rings. The van der Waals surface area contributed by atoms with Gasteiger partial charge < -0.3 is 5.32 Å². The minimum absolute atomic E-state index is 0.189. The summed E-state index contributed by atoms with van der Waals surface area (Å²) in [7, 11) is -3.54. The molecule has 3 amide bonds. The molecule has 0 radical (unpaired) electrons. The van der Waals surface area contributed by atoms with Crippen LogP contribution in [0.15, 0.2) is 23.1 Å². The van der Waals surface area contributed by atoms with E-state index in [9.17, 15) is 18.0 Å². The molecule has 4 rings (SSSR count). The topological polar surface area (TPSA) is 90.0 Å². The van der Waals surface area contributed by atoms with Gasteiger partial charge in [-0.1, -0.05) is 19.4 Å². The molecule has 1 aliphatic carbocycles. The van der Waals surface area contributed by atoms with Gasteiger partial charge in [-0.3, -0.25) is 9.69 Å². The molecule has 164 valence electrons. The molecule has 2 saturated heterocycles. The zero-order chi connectivity index (χ0) is 21.3. The molecule has 0 spiro atoms. The van der Waals surface area contributed by atoms with E-state index in [0.717, 1.165) is 37.7 Å². The Morgan fingerprint density at radius 1 is 1.03 bits per heavy atom. The maximum Gasteiger partial charge on any atom is 0.325 e. The average molecular weight is 435 g/mol. The summed E-state index contributed by atoms with van der Waals surface area (Å²) in [6.07, 6.45) is 5.69. The number of nitrogens with zero attached hydrogens (tertiary/aromatic N) is 3. The largest absolute Gasteiger partial charge is 0.326 e. The Kier molecular flexibility index (Phi) is 6.13. The van der Waals surface area contributed by atoms with E-state index in [1.54, 1.807) is 6.07 Å². The number of nitrogens with one attached hydrogen (secondary N) is 1. The second kappa shape index (κ2) is 8.64. The SMILES string of the molecule is CCC[C@H]1NC(=O)N(CN2CCN(S(=O)(=O)c3ccc4c(c3)CCCC4)CC2)C1=O. The zero-order valence-electron chi connectivity index (χ0n) is 17.5. The molecule has 3 aliphatic rings. The number of carbonyl (C=O) groups excluding carboxylic acids is 2. The van der Waals surface area contributed by atoms with E-state index in [-0.39, 0.29) is 18.6 Å². The quantitative estimate of drug-likeness (QED) is 0.686. The van der Waals surface area contributed by atoms with Crippen molar-refractivity contribution < 1.29 is 18.0 Å². The van der Waals surface area contributed by atoms with Crippen LogP contribution in [0.4, 0.5) is 4.79 Å². The number of urea groups is 1. The first-order valence-corrected chi connectivity index (χ1v) is 12.3. The number of rotatable bonds is 6. The van der Waals surface area contributed by atoms with E-state index in [2.05, 4.69) is 5.32 Å². The molecule has 9 heteroatoms. The lowest BCUT2D eigenvalue weighted by atomic mass is 9.92. The normalized spacial score (nSPS) is 23.5. The molecule has 1 aromatic rings. The Balaban J connectivity index is 1.37. The minimum Gasteiger partial charge on any atom is -0.326 e. The fraction of sp³-hybridized carbons (Fsp3) is 0.619. The number of carbonyl (C=O) groups is 2. The first-order valence-electron chi connectivity index (χ1n) is 10.9. The van der Waals surface area contributed by atoms with E-state index < -0.39 is 16.1 Å². The number of sulfonamides is 1. The smallest absolute Gasteiger partial charge is 0.325 e. The van der Waals surface area contributed by atoms with Gasteiger partial charge in [0.1, 0.15) is 6.04 Å². The fourth-order valence-electron chi connectivity index (χ4n) is 4.53. The van der Waals surface area contributed by atoms with Crippen LogP contribution in [-0.2, 0) is 27.7 Å². The van der Waals surface area contributed by atoms with E-state index in [1.165, 1.54) is 14.8 Å². The van der Waals surface area contributed by atoms with E-state index in [0.29, 0.717) is 37.5 Å². The summed E-state index contributed by atoms with van der Waals surface area (Å²) in [5.41, 5.74) is 2.42. The van der Waals surface area contributed by atoms with E-state index >= 15 is 0 Å². The summed E-state index contributed by atoms with van der Waals surface area (Å²) in [5.74, 6) is -0.189. The van der Waals surface area contributed by atoms with Crippen LogP contribution in [0.1, 0.15) is 43.7 Å². The van der Waals surface area contributed by atoms with Gasteiger partial charge in [-0.15, -0.1) is 0 Å². The Morgan fingerprint density at radius 2 is 1.73 bits per heavy atom. The first-order chi connectivity index (χ1) is 14.4. The summed E-state index contributed by atoms with van der Waals surface area (Å²) in [6, 6.07) is 4.74. The lowest BCUT2D eigenvalue weighted by molar-refractivity contribution is -0.129. The number of fused-ring (bicyclic) bond motifs is 1. The molecule has 0 bridgehead atoms. The average Bonchev–Trinajstić information content (AvgIpc) is 3.01. The summed E-state index contributed by atoms with van der Waals surface area (Å²) < 4.78 is 27.8. The molecule has 1 aromatic carbocycles. The molecule has 0 unspecified atom stereocenters. The Morgan fingerprint density at radius 3 is 2.43 bits per heavy atom. The highest BCUT2D eigenvalue weighted by Gasteiger charge is 2.39. The van der Waals surface area contributed by atoms with Gasteiger partial charge >= 0.3 is 6.03 Å². The molecule has 2 aliphatic heterocycles. The summed E-state index contributed by atoms with van der Waals surface area (Å²) in [5, 5.41) is 2.73. The maximum absolute atomic E-state index is 13.1. The van der Waals surface area contributed by atoms with E-state index in [1.807, 2.05) is 24.0 Å². The van der Waals surface area contributed by atoms with Crippen molar-refractivity contribution in [2.45, 2.75) is 56.4 Å². The predicted molar refractivity (Wildman–Crippen MR) is 112 cm³/mol. The van der Waals surface area contributed by atoms with Crippen molar-refractivity contribution >= 4 is 22.0 Å². The second-order valence-electron chi connectivity index (χ2n) is 8.36. The molecule has 0 saturated carbocycles. The van der Waals surface area contributed by atoms with Gasteiger partial charge in [0, 0.05) is 26.2 Å². The third-order valence-corrected chi connectivity index (χ3v) is 8.21. The highest BCUT2D eigenvalue weighted by atomic mass is 32.2. The highest BCUT2D eigenvalue weighted by molar-refractivity contribution is 7.89. The van der Waals surface area contributed by atoms with Gasteiger partial charge in [-0.05, 0) is 55.4 Å². The molecule has 8 nitrogen and oxygen atoms in total. The zero-order valence-corrected chi connectivity index (χ0v) is 18.3. The molecule has 2 heterocycles. The van der Waals surface area contributed by atoms with Crippen LogP contribution in [0.25, 0.3) is 0 Å². The van der Waals surface area contributed by atoms with Crippen molar-refractivity contribution in [3.63, 3.8) is 0 Å². The number of amides is 3. The molecule has 0 aromatic heterocycles. The van der Waals surface area contributed by atoms with Crippen molar-refractivity contribution in [2.75, 3.05) is 32.8 Å². The second-order valence-corrected chi connectivity index (χ2v) is 10.3. The maximum atomic E-state index is 13.1. The predicted octanol–water partition coefficient (Wildman–Crippen LogP) is 1.55. The summed E-state index contributed by atoms with van der Waals surface area (Å²) in [4.78, 5) is 28.1. The van der Waals surface area contributed by atoms with Crippen LogP contribution >= 0.6 is 0 Å². The molecule has 1 atom stereocenters. The lowest BCUT2D eigenvalue weighted by Crippen LogP contribution is -2.52. The van der Waals surface area contributed by atoms with Crippen LogP contribution < -0.4 is 5.32 Å². The van der Waals surface area contributed by atoms with Crippen LogP contribution in [0.5, 0.6) is 0 Å². The van der Waals surface area contributed by atoms with Gasteiger partial charge in [-0.25, -0.2) is 18.1 Å². The number of imide groups is 1. The van der Waals surface area contributed by atoms with Gasteiger partial charge in [0.15, 0.2) is 0 Å². The van der Waals surface area contributed by atoms with Crippen molar-refractivity contribution in [2.24, 2.45) is 0 Å². The Bertz CT molecular complexity index is 925. The van der Waals surface area contributed by atoms with Gasteiger partial charge in [0.25, 0.3) is 5.91 Å². The van der Waals surface area contributed by atoms with Crippen molar-refractivity contribution in [1.82, 2.24) is 19.4 Å². The number of hydrogen-bond donors (Lipinski definition) is 1. The van der Waals surface area contributed by atoms with E-state index in [4.69, 9.17) is 0 Å². The summed E-state index contributed by atoms with van der Waals surface area (Å²) >= 11 is 0. The molecule has 1 N–H and O–H groups in total. The number of benzene rings is 1. The fourth-order valence-corrected chi connectivity index (χ4v) is 6.00. The van der Waals surface area contributed by atoms with Crippen molar-refractivity contribution in [3.05, 3.63) is 29.3 Å². The van der Waals surface area contributed by atoms with Crippen LogP contribution in [-0.4, -0.2) is 73.4 Å². The van der Waals surface area contributed by atoms with Gasteiger partial charge in [0.2, 0.25) is 10.0 Å². The Labute approximate surface area is 178 Å². The number of piperazine rings is 1. The highest BCUT2D eigenvalue weighted by Crippen LogP contribution is 2.26. The van der Waals surface area contributed by atoms with Crippen LogP contribution in [0, 0.1) is 0 Å². The van der Waals surface area contributed by atoms with Crippen molar-refractivity contribution in [1.29, 1.82) is 0 Å². The first kappa shape index (κ1) is 21.3. The van der Waals surface area contributed by atoms with Crippen LogP contribution in [0.2, 0.25) is 0 Å².